The largest absolute Gasteiger partial charge is 0.477 e. The highest BCUT2D eigenvalue weighted by Gasteiger charge is 2.11. The summed E-state index contributed by atoms with van der Waals surface area (Å²) < 4.78 is 0.900. The normalized spacial score (nSPS) is 9.95. The van der Waals surface area contributed by atoms with Gasteiger partial charge in [0.1, 0.15) is 11.4 Å². The second kappa shape index (κ2) is 5.62. The van der Waals surface area contributed by atoms with Gasteiger partial charge < -0.3 is 10.4 Å². The highest BCUT2D eigenvalue weighted by molar-refractivity contribution is 9.10. The van der Waals surface area contributed by atoms with Gasteiger partial charge in [-0.1, -0.05) is 22.0 Å². The average Bonchev–Trinajstić information content (AvgIpc) is 2.41. The second-order valence-electron chi connectivity index (χ2n) is 3.67. The van der Waals surface area contributed by atoms with Crippen LogP contribution in [0.4, 0.5) is 5.69 Å². The minimum atomic E-state index is -1.17. The van der Waals surface area contributed by atoms with Crippen LogP contribution in [-0.4, -0.2) is 22.0 Å². The first-order chi connectivity index (χ1) is 9.06. The molecule has 1 aromatic carbocycles. The predicted octanol–water partition coefficient (Wildman–Crippen LogP) is 2.79. The number of carbonyl (C=O) groups is 2. The molecular weight excluding hydrogens is 312 g/mol. The van der Waals surface area contributed by atoms with Crippen LogP contribution in [0.3, 0.4) is 0 Å². The summed E-state index contributed by atoms with van der Waals surface area (Å²) in [6.45, 7) is 0. The lowest BCUT2D eigenvalue weighted by molar-refractivity contribution is 0.0690. The molecule has 0 saturated heterocycles. The molecule has 0 bridgehead atoms. The van der Waals surface area contributed by atoms with Gasteiger partial charge in [-0.25, -0.2) is 9.78 Å². The van der Waals surface area contributed by atoms with Crippen molar-refractivity contribution in [1.82, 2.24) is 4.98 Å². The first-order valence-electron chi connectivity index (χ1n) is 5.33. The fraction of sp³-hybridized carbons (Fsp3) is 0. The van der Waals surface area contributed by atoms with Crippen molar-refractivity contribution in [3.8, 4) is 0 Å². The molecule has 0 atom stereocenters. The lowest BCUT2D eigenvalue weighted by Crippen LogP contribution is -2.15. The SMILES string of the molecule is O=C(O)c1cccc(C(=O)Nc2ccc(Br)cc2)n1. The Hall–Kier alpha value is -2.21. The van der Waals surface area contributed by atoms with Crippen LogP contribution in [0.15, 0.2) is 46.9 Å². The van der Waals surface area contributed by atoms with Gasteiger partial charge in [0.2, 0.25) is 0 Å². The van der Waals surface area contributed by atoms with E-state index in [1.165, 1.54) is 18.2 Å². The van der Waals surface area contributed by atoms with E-state index in [9.17, 15) is 9.59 Å². The summed E-state index contributed by atoms with van der Waals surface area (Å²) in [6.07, 6.45) is 0. The zero-order valence-corrected chi connectivity index (χ0v) is 11.2. The van der Waals surface area contributed by atoms with Gasteiger partial charge in [0, 0.05) is 10.2 Å². The topological polar surface area (TPSA) is 79.3 Å². The van der Waals surface area contributed by atoms with Crippen molar-refractivity contribution < 1.29 is 14.7 Å². The van der Waals surface area contributed by atoms with Crippen molar-refractivity contribution >= 4 is 33.5 Å². The minimum absolute atomic E-state index is 0.0582. The number of rotatable bonds is 3. The summed E-state index contributed by atoms with van der Waals surface area (Å²) in [5.74, 6) is -1.62. The maximum Gasteiger partial charge on any atom is 0.354 e. The molecule has 19 heavy (non-hydrogen) atoms. The third-order valence-electron chi connectivity index (χ3n) is 2.30. The van der Waals surface area contributed by atoms with Crippen LogP contribution in [0, 0.1) is 0 Å². The Bertz CT molecular complexity index is 626. The number of amides is 1. The summed E-state index contributed by atoms with van der Waals surface area (Å²) >= 11 is 3.29. The number of carboxylic acid groups (broad SMARTS) is 1. The summed E-state index contributed by atoms with van der Waals surface area (Å²) in [5.41, 5.74) is 0.502. The molecule has 1 heterocycles. The lowest BCUT2D eigenvalue weighted by Gasteiger charge is -2.05. The van der Waals surface area contributed by atoms with Crippen LogP contribution in [0.1, 0.15) is 21.0 Å². The molecule has 0 spiro atoms. The molecule has 0 aliphatic heterocycles. The molecule has 0 aliphatic rings. The molecule has 1 amide bonds. The van der Waals surface area contributed by atoms with E-state index in [1.807, 2.05) is 0 Å². The van der Waals surface area contributed by atoms with Gasteiger partial charge in [0.05, 0.1) is 0 Å². The number of nitrogens with zero attached hydrogens (tertiary/aromatic N) is 1. The van der Waals surface area contributed by atoms with Crippen molar-refractivity contribution in [3.05, 3.63) is 58.3 Å². The van der Waals surface area contributed by atoms with E-state index < -0.39 is 11.9 Å². The second-order valence-corrected chi connectivity index (χ2v) is 4.59. The van der Waals surface area contributed by atoms with Gasteiger partial charge in [-0.3, -0.25) is 4.79 Å². The van der Waals surface area contributed by atoms with Crippen molar-refractivity contribution in [1.29, 1.82) is 0 Å². The van der Waals surface area contributed by atoms with Crippen molar-refractivity contribution in [3.63, 3.8) is 0 Å². The number of aromatic nitrogens is 1. The average molecular weight is 321 g/mol. The van der Waals surface area contributed by atoms with Crippen molar-refractivity contribution in [2.45, 2.75) is 0 Å². The number of anilines is 1. The van der Waals surface area contributed by atoms with Crippen LogP contribution in [-0.2, 0) is 0 Å². The van der Waals surface area contributed by atoms with Crippen LogP contribution in [0.2, 0.25) is 0 Å². The zero-order chi connectivity index (χ0) is 13.8. The third-order valence-corrected chi connectivity index (χ3v) is 2.83. The van der Waals surface area contributed by atoms with Crippen molar-refractivity contribution in [2.24, 2.45) is 0 Å². The number of nitrogens with one attached hydrogen (secondary N) is 1. The number of aromatic carboxylic acids is 1. The number of pyridine rings is 1. The Morgan fingerprint density at radius 1 is 1.05 bits per heavy atom. The zero-order valence-electron chi connectivity index (χ0n) is 9.63. The van der Waals surface area contributed by atoms with Crippen molar-refractivity contribution in [2.75, 3.05) is 5.32 Å². The number of carboxylic acids is 1. The predicted molar refractivity (Wildman–Crippen MR) is 73.3 cm³/mol. The molecule has 0 fully saturated rings. The van der Waals surface area contributed by atoms with E-state index in [0.717, 1.165) is 4.47 Å². The molecule has 1 aromatic heterocycles. The fourth-order valence-electron chi connectivity index (χ4n) is 1.41. The highest BCUT2D eigenvalue weighted by Crippen LogP contribution is 2.14. The van der Waals surface area contributed by atoms with E-state index in [0.29, 0.717) is 5.69 Å². The quantitative estimate of drug-likeness (QED) is 0.911. The molecule has 5 nitrogen and oxygen atoms in total. The molecule has 2 aromatic rings. The summed E-state index contributed by atoms with van der Waals surface area (Å²) in [5, 5.41) is 11.4. The molecule has 2 rings (SSSR count). The molecule has 0 unspecified atom stereocenters. The Kier molecular flexibility index (Phi) is 3.91. The molecule has 6 heteroatoms. The van der Waals surface area contributed by atoms with Crippen LogP contribution >= 0.6 is 15.9 Å². The lowest BCUT2D eigenvalue weighted by atomic mass is 10.2. The first-order valence-corrected chi connectivity index (χ1v) is 6.13. The number of benzene rings is 1. The Labute approximate surface area is 117 Å². The molecule has 0 aliphatic carbocycles. The van der Waals surface area contributed by atoms with Gasteiger partial charge in [-0.2, -0.15) is 0 Å². The minimum Gasteiger partial charge on any atom is -0.477 e. The maximum absolute atomic E-state index is 11.9. The number of hydrogen-bond acceptors (Lipinski definition) is 3. The van der Waals surface area contributed by atoms with Gasteiger partial charge >= 0.3 is 5.97 Å². The van der Waals surface area contributed by atoms with Gasteiger partial charge in [-0.15, -0.1) is 0 Å². The molecule has 2 N–H and O–H groups in total. The number of halogens is 1. The molecular formula is C13H9BrN2O3. The molecule has 0 radical (unpaired) electrons. The van der Waals surface area contributed by atoms with Crippen LogP contribution in [0.5, 0.6) is 0 Å². The summed E-state index contributed by atoms with van der Waals surface area (Å²) in [6, 6.07) is 11.3. The Balaban J connectivity index is 2.18. The summed E-state index contributed by atoms with van der Waals surface area (Å²) in [4.78, 5) is 26.4. The van der Waals surface area contributed by atoms with Gasteiger partial charge in [0.15, 0.2) is 0 Å². The molecule has 0 saturated carbocycles. The standard InChI is InChI=1S/C13H9BrN2O3/c14-8-4-6-9(7-5-8)15-12(17)10-2-1-3-11(16-10)13(18)19/h1-7H,(H,15,17)(H,18,19). The van der Waals surface area contributed by atoms with E-state index >= 15 is 0 Å². The van der Waals surface area contributed by atoms with E-state index in [-0.39, 0.29) is 11.4 Å². The van der Waals surface area contributed by atoms with Crippen LogP contribution < -0.4 is 5.32 Å². The Morgan fingerprint density at radius 2 is 1.68 bits per heavy atom. The number of carbonyl (C=O) groups excluding carboxylic acids is 1. The monoisotopic (exact) mass is 320 g/mol. The Morgan fingerprint density at radius 3 is 2.32 bits per heavy atom. The fourth-order valence-corrected chi connectivity index (χ4v) is 1.67. The van der Waals surface area contributed by atoms with Crippen LogP contribution in [0.25, 0.3) is 0 Å². The highest BCUT2D eigenvalue weighted by atomic mass is 79.9. The van der Waals surface area contributed by atoms with E-state index in [1.54, 1.807) is 24.3 Å². The number of hydrogen-bond donors (Lipinski definition) is 2. The van der Waals surface area contributed by atoms with E-state index in [2.05, 4.69) is 26.2 Å². The smallest absolute Gasteiger partial charge is 0.354 e. The molecule has 96 valence electrons. The van der Waals surface area contributed by atoms with Gasteiger partial charge in [0.25, 0.3) is 5.91 Å². The first kappa shape index (κ1) is 13.2. The summed E-state index contributed by atoms with van der Waals surface area (Å²) in [7, 11) is 0. The van der Waals surface area contributed by atoms with E-state index in [4.69, 9.17) is 5.11 Å². The third kappa shape index (κ3) is 3.38. The van der Waals surface area contributed by atoms with Gasteiger partial charge in [-0.05, 0) is 36.4 Å². The maximum atomic E-state index is 11.9.